The van der Waals surface area contributed by atoms with Crippen molar-refractivity contribution in [3.8, 4) is 11.5 Å². The number of benzene rings is 1. The summed E-state index contributed by atoms with van der Waals surface area (Å²) >= 11 is 0. The summed E-state index contributed by atoms with van der Waals surface area (Å²) in [5.74, 6) is 1.34. The van der Waals surface area contributed by atoms with Crippen LogP contribution in [-0.2, 0) is 0 Å². The Bertz CT molecular complexity index is 532. The Hall–Kier alpha value is -1.68. The van der Waals surface area contributed by atoms with Gasteiger partial charge in [-0.05, 0) is 12.1 Å². The van der Waals surface area contributed by atoms with Gasteiger partial charge in [-0.3, -0.25) is 0 Å². The number of methoxy groups -OCH3 is 1. The van der Waals surface area contributed by atoms with Gasteiger partial charge in [0.15, 0.2) is 11.5 Å². The van der Waals surface area contributed by atoms with Gasteiger partial charge < -0.3 is 19.6 Å². The number of aromatic nitrogens is 1. The van der Waals surface area contributed by atoms with E-state index in [-0.39, 0.29) is 0 Å². The molecular formula is C12H13NO3. The van der Waals surface area contributed by atoms with Crippen LogP contribution in [0, 0.1) is 0 Å². The quantitative estimate of drug-likeness (QED) is 0.771. The molecule has 2 aromatic rings. The van der Waals surface area contributed by atoms with Gasteiger partial charge >= 0.3 is 0 Å². The van der Waals surface area contributed by atoms with Gasteiger partial charge in [0.05, 0.1) is 30.9 Å². The molecule has 2 heterocycles. The van der Waals surface area contributed by atoms with Gasteiger partial charge in [-0.15, -0.1) is 0 Å². The topological polar surface area (TPSA) is 54.5 Å². The largest absolute Gasteiger partial charge is 0.493 e. The second-order valence-corrected chi connectivity index (χ2v) is 3.92. The molecular weight excluding hydrogens is 206 g/mol. The first kappa shape index (κ1) is 9.54. The summed E-state index contributed by atoms with van der Waals surface area (Å²) in [6.07, 6.45) is 1.99. The number of aromatic amines is 1. The maximum Gasteiger partial charge on any atom is 0.169 e. The van der Waals surface area contributed by atoms with Crippen molar-refractivity contribution in [3.63, 3.8) is 0 Å². The lowest BCUT2D eigenvalue weighted by Crippen LogP contribution is -2.15. The Morgan fingerprint density at radius 3 is 3.25 bits per heavy atom. The normalized spacial score (nSPS) is 19.2. The summed E-state index contributed by atoms with van der Waals surface area (Å²) in [4.78, 5) is 3.13. The van der Waals surface area contributed by atoms with Crippen molar-refractivity contribution in [2.45, 2.75) is 12.5 Å². The first-order chi connectivity index (χ1) is 7.81. The van der Waals surface area contributed by atoms with E-state index in [1.165, 1.54) is 0 Å². The molecule has 0 radical (unpaired) electrons. The van der Waals surface area contributed by atoms with Gasteiger partial charge in [-0.1, -0.05) is 0 Å². The summed E-state index contributed by atoms with van der Waals surface area (Å²) in [7, 11) is 1.61. The van der Waals surface area contributed by atoms with Crippen molar-refractivity contribution in [2.75, 3.05) is 13.7 Å². The molecule has 2 N–H and O–H groups in total. The predicted molar refractivity (Wildman–Crippen MR) is 59.9 cm³/mol. The molecule has 0 spiro atoms. The molecule has 4 nitrogen and oxygen atoms in total. The molecule has 84 valence electrons. The van der Waals surface area contributed by atoms with Crippen LogP contribution < -0.4 is 9.47 Å². The molecule has 3 rings (SSSR count). The predicted octanol–water partition coefficient (Wildman–Crippen LogP) is 1.99. The first-order valence-corrected chi connectivity index (χ1v) is 5.30. The van der Waals surface area contributed by atoms with Gasteiger partial charge in [-0.25, -0.2) is 0 Å². The SMILES string of the molecule is COc1cc2cc[nH]c2c2c1OCCC2O. The fourth-order valence-electron chi connectivity index (χ4n) is 2.22. The molecule has 16 heavy (non-hydrogen) atoms. The zero-order chi connectivity index (χ0) is 11.1. The maximum absolute atomic E-state index is 10.0. The van der Waals surface area contributed by atoms with Crippen LogP contribution in [-0.4, -0.2) is 23.8 Å². The van der Waals surface area contributed by atoms with E-state index >= 15 is 0 Å². The van der Waals surface area contributed by atoms with Crippen LogP contribution in [0.25, 0.3) is 10.9 Å². The molecule has 1 aliphatic rings. The van der Waals surface area contributed by atoms with E-state index in [0.29, 0.717) is 24.5 Å². The third-order valence-electron chi connectivity index (χ3n) is 2.99. The molecule has 1 atom stereocenters. The smallest absolute Gasteiger partial charge is 0.169 e. The molecule has 0 saturated heterocycles. The fourth-order valence-corrected chi connectivity index (χ4v) is 2.22. The number of ether oxygens (including phenoxy) is 2. The fraction of sp³-hybridized carbons (Fsp3) is 0.333. The highest BCUT2D eigenvalue weighted by molar-refractivity contribution is 5.88. The van der Waals surface area contributed by atoms with Gasteiger partial charge in [-0.2, -0.15) is 0 Å². The van der Waals surface area contributed by atoms with Crippen LogP contribution >= 0.6 is 0 Å². The minimum Gasteiger partial charge on any atom is -0.493 e. The van der Waals surface area contributed by atoms with Crippen molar-refractivity contribution in [3.05, 3.63) is 23.9 Å². The average molecular weight is 219 g/mol. The molecule has 1 aromatic carbocycles. The van der Waals surface area contributed by atoms with Crippen LogP contribution in [0.5, 0.6) is 11.5 Å². The second kappa shape index (κ2) is 3.42. The monoisotopic (exact) mass is 219 g/mol. The Labute approximate surface area is 92.8 Å². The zero-order valence-electron chi connectivity index (χ0n) is 8.99. The molecule has 1 aliphatic heterocycles. The highest BCUT2D eigenvalue weighted by atomic mass is 16.5. The Balaban J connectivity index is 2.36. The van der Waals surface area contributed by atoms with Gasteiger partial charge in [0.1, 0.15) is 0 Å². The number of aliphatic hydroxyl groups excluding tert-OH is 1. The van der Waals surface area contributed by atoms with E-state index in [2.05, 4.69) is 4.98 Å². The Morgan fingerprint density at radius 2 is 2.44 bits per heavy atom. The van der Waals surface area contributed by atoms with E-state index in [9.17, 15) is 5.11 Å². The van der Waals surface area contributed by atoms with Crippen LogP contribution in [0.15, 0.2) is 18.3 Å². The van der Waals surface area contributed by atoms with Crippen LogP contribution in [0.4, 0.5) is 0 Å². The average Bonchev–Trinajstić information content (AvgIpc) is 2.75. The van der Waals surface area contributed by atoms with E-state index < -0.39 is 6.10 Å². The summed E-state index contributed by atoms with van der Waals surface area (Å²) in [5.41, 5.74) is 1.74. The van der Waals surface area contributed by atoms with E-state index in [4.69, 9.17) is 9.47 Å². The maximum atomic E-state index is 10.0. The van der Waals surface area contributed by atoms with Crippen molar-refractivity contribution >= 4 is 10.9 Å². The van der Waals surface area contributed by atoms with Gasteiger partial charge in [0.2, 0.25) is 0 Å². The molecule has 0 saturated carbocycles. The number of aliphatic hydroxyl groups is 1. The third-order valence-corrected chi connectivity index (χ3v) is 2.99. The van der Waals surface area contributed by atoms with Crippen LogP contribution in [0.1, 0.15) is 18.1 Å². The second-order valence-electron chi connectivity index (χ2n) is 3.92. The molecule has 0 bridgehead atoms. The first-order valence-electron chi connectivity index (χ1n) is 5.30. The van der Waals surface area contributed by atoms with Gasteiger partial charge in [0.25, 0.3) is 0 Å². The summed E-state index contributed by atoms with van der Waals surface area (Å²) in [6, 6.07) is 3.88. The number of rotatable bonds is 1. The molecule has 0 amide bonds. The lowest BCUT2D eigenvalue weighted by Gasteiger charge is -2.24. The molecule has 4 heteroatoms. The van der Waals surface area contributed by atoms with Crippen molar-refractivity contribution in [1.82, 2.24) is 4.98 Å². The van der Waals surface area contributed by atoms with E-state index in [1.54, 1.807) is 7.11 Å². The van der Waals surface area contributed by atoms with Gasteiger partial charge in [0, 0.05) is 18.0 Å². The molecule has 1 aromatic heterocycles. The Morgan fingerprint density at radius 1 is 1.56 bits per heavy atom. The number of fused-ring (bicyclic) bond motifs is 3. The highest BCUT2D eigenvalue weighted by Crippen LogP contribution is 2.43. The number of hydrogen-bond donors (Lipinski definition) is 2. The minimum absolute atomic E-state index is 0.486. The lowest BCUT2D eigenvalue weighted by atomic mass is 10.00. The zero-order valence-corrected chi connectivity index (χ0v) is 8.99. The standard InChI is InChI=1S/C12H13NO3/c1-15-9-6-7-2-4-13-11(7)10-8(14)3-5-16-12(9)10/h2,4,6,8,13-14H,3,5H2,1H3. The van der Waals surface area contributed by atoms with Crippen LogP contribution in [0.3, 0.4) is 0 Å². The van der Waals surface area contributed by atoms with Crippen molar-refractivity contribution < 1.29 is 14.6 Å². The Kier molecular flexibility index (Phi) is 2.04. The van der Waals surface area contributed by atoms with Crippen molar-refractivity contribution in [1.29, 1.82) is 0 Å². The number of H-pyrrole nitrogens is 1. The number of nitrogens with one attached hydrogen (secondary N) is 1. The third kappa shape index (κ3) is 1.20. The molecule has 1 unspecified atom stereocenters. The highest BCUT2D eigenvalue weighted by Gasteiger charge is 2.26. The summed E-state index contributed by atoms with van der Waals surface area (Å²) in [6.45, 7) is 0.525. The minimum atomic E-state index is -0.486. The summed E-state index contributed by atoms with van der Waals surface area (Å²) in [5, 5.41) is 11.1. The number of hydrogen-bond acceptors (Lipinski definition) is 3. The van der Waals surface area contributed by atoms with E-state index in [1.807, 2.05) is 18.3 Å². The van der Waals surface area contributed by atoms with Crippen molar-refractivity contribution in [2.24, 2.45) is 0 Å². The van der Waals surface area contributed by atoms with Crippen LogP contribution in [0.2, 0.25) is 0 Å². The van der Waals surface area contributed by atoms with E-state index in [0.717, 1.165) is 16.5 Å². The summed E-state index contributed by atoms with van der Waals surface area (Å²) < 4.78 is 10.9. The molecule has 0 aliphatic carbocycles. The lowest BCUT2D eigenvalue weighted by molar-refractivity contribution is 0.114. The molecule has 0 fully saturated rings.